The predicted octanol–water partition coefficient (Wildman–Crippen LogP) is 1.69. The fourth-order valence-corrected chi connectivity index (χ4v) is 1.50. The molecule has 0 aromatic carbocycles. The molecule has 0 rings (SSSR count). The molecular weight excluding hydrogens is 184 g/mol. The highest BCUT2D eigenvalue weighted by Crippen LogP contribution is 2.21. The Kier molecular flexibility index (Phi) is 5.92. The van der Waals surface area contributed by atoms with Crippen LogP contribution in [0.4, 0.5) is 0 Å². The van der Waals surface area contributed by atoms with E-state index < -0.39 is 23.8 Å². The fraction of sp³-hybridized carbons (Fsp3) is 0.800. The van der Waals surface area contributed by atoms with Crippen LogP contribution in [0.15, 0.2) is 0 Å². The summed E-state index contributed by atoms with van der Waals surface area (Å²) in [7, 11) is 0. The van der Waals surface area contributed by atoms with Crippen LogP contribution in [0, 0.1) is 11.8 Å². The van der Waals surface area contributed by atoms with Crippen LogP contribution in [0.25, 0.3) is 0 Å². The van der Waals surface area contributed by atoms with Crippen LogP contribution in [0.3, 0.4) is 0 Å². The number of carboxylic acid groups (broad SMARTS) is 1. The standard InChI is InChI=1S/C10H18O4/c1-4-7(9(11)12)8(5-2)10(13)14-6-3/h7-8H,4-6H2,1-3H3,(H,11,12)/t7-,8+/m0/s1. The number of carbonyl (C=O) groups is 2. The lowest BCUT2D eigenvalue weighted by atomic mass is 9.88. The van der Waals surface area contributed by atoms with E-state index >= 15 is 0 Å². The van der Waals surface area contributed by atoms with E-state index in [2.05, 4.69) is 0 Å². The first-order valence-corrected chi connectivity index (χ1v) is 4.97. The van der Waals surface area contributed by atoms with Gasteiger partial charge in [0.2, 0.25) is 0 Å². The average molecular weight is 202 g/mol. The molecular formula is C10H18O4. The van der Waals surface area contributed by atoms with Crippen LogP contribution < -0.4 is 0 Å². The van der Waals surface area contributed by atoms with E-state index in [1.54, 1.807) is 20.8 Å². The van der Waals surface area contributed by atoms with Gasteiger partial charge in [0.05, 0.1) is 18.4 Å². The van der Waals surface area contributed by atoms with Crippen molar-refractivity contribution in [1.82, 2.24) is 0 Å². The third-order valence-corrected chi connectivity index (χ3v) is 2.27. The number of ether oxygens (including phenoxy) is 1. The molecule has 4 heteroatoms. The van der Waals surface area contributed by atoms with E-state index in [9.17, 15) is 9.59 Å². The van der Waals surface area contributed by atoms with Crippen molar-refractivity contribution in [1.29, 1.82) is 0 Å². The molecule has 14 heavy (non-hydrogen) atoms. The van der Waals surface area contributed by atoms with Gasteiger partial charge in [-0.05, 0) is 19.8 Å². The number of rotatable bonds is 6. The lowest BCUT2D eigenvalue weighted by molar-refractivity contribution is -0.157. The molecule has 0 bridgehead atoms. The summed E-state index contributed by atoms with van der Waals surface area (Å²) in [6.45, 7) is 5.57. The maximum absolute atomic E-state index is 11.4. The smallest absolute Gasteiger partial charge is 0.309 e. The van der Waals surface area contributed by atoms with Crippen molar-refractivity contribution in [3.05, 3.63) is 0 Å². The maximum Gasteiger partial charge on any atom is 0.309 e. The molecule has 0 heterocycles. The Hall–Kier alpha value is -1.06. The Balaban J connectivity index is 4.50. The number of aliphatic carboxylic acids is 1. The second-order valence-electron chi connectivity index (χ2n) is 3.12. The molecule has 0 aliphatic carbocycles. The molecule has 1 N–H and O–H groups in total. The predicted molar refractivity (Wildman–Crippen MR) is 51.8 cm³/mol. The molecule has 0 aromatic rings. The van der Waals surface area contributed by atoms with Gasteiger partial charge in [0.15, 0.2) is 0 Å². The zero-order valence-corrected chi connectivity index (χ0v) is 8.95. The number of hydrogen-bond donors (Lipinski definition) is 1. The van der Waals surface area contributed by atoms with Crippen molar-refractivity contribution in [3.8, 4) is 0 Å². The largest absolute Gasteiger partial charge is 0.481 e. The molecule has 2 atom stereocenters. The van der Waals surface area contributed by atoms with Crippen LogP contribution in [0.2, 0.25) is 0 Å². The zero-order chi connectivity index (χ0) is 11.1. The molecule has 0 unspecified atom stereocenters. The molecule has 0 amide bonds. The highest BCUT2D eigenvalue weighted by molar-refractivity contribution is 5.81. The molecule has 0 saturated carbocycles. The summed E-state index contributed by atoms with van der Waals surface area (Å²) < 4.78 is 4.83. The molecule has 0 aliphatic heterocycles. The highest BCUT2D eigenvalue weighted by atomic mass is 16.5. The number of carboxylic acids is 1. The summed E-state index contributed by atoms with van der Waals surface area (Å²) in [5, 5.41) is 8.88. The molecule has 0 saturated heterocycles. The van der Waals surface area contributed by atoms with Gasteiger partial charge >= 0.3 is 11.9 Å². The Bertz CT molecular complexity index is 200. The maximum atomic E-state index is 11.4. The molecule has 82 valence electrons. The molecule has 0 aromatic heterocycles. The van der Waals surface area contributed by atoms with Crippen molar-refractivity contribution in [3.63, 3.8) is 0 Å². The first-order chi connectivity index (χ1) is 6.58. The van der Waals surface area contributed by atoms with Gasteiger partial charge in [0.1, 0.15) is 0 Å². The summed E-state index contributed by atoms with van der Waals surface area (Å²) in [5.41, 5.74) is 0. The Labute approximate surface area is 84.3 Å². The van der Waals surface area contributed by atoms with Gasteiger partial charge in [0, 0.05) is 0 Å². The van der Waals surface area contributed by atoms with Gasteiger partial charge in [-0.2, -0.15) is 0 Å². The topological polar surface area (TPSA) is 63.6 Å². The minimum atomic E-state index is -0.924. The van der Waals surface area contributed by atoms with E-state index in [1.807, 2.05) is 0 Å². The lowest BCUT2D eigenvalue weighted by Gasteiger charge is -2.19. The Morgan fingerprint density at radius 3 is 1.93 bits per heavy atom. The third-order valence-electron chi connectivity index (χ3n) is 2.27. The second kappa shape index (κ2) is 6.40. The summed E-state index contributed by atoms with van der Waals surface area (Å²) in [6.07, 6.45) is 0.955. The Morgan fingerprint density at radius 2 is 1.64 bits per heavy atom. The van der Waals surface area contributed by atoms with Crippen molar-refractivity contribution in [2.75, 3.05) is 6.61 Å². The first-order valence-electron chi connectivity index (χ1n) is 4.97. The molecule has 0 radical (unpaired) electrons. The summed E-state index contributed by atoms with van der Waals surface area (Å²) >= 11 is 0. The average Bonchev–Trinajstić information content (AvgIpc) is 2.13. The monoisotopic (exact) mass is 202 g/mol. The minimum absolute atomic E-state index is 0.297. The van der Waals surface area contributed by atoms with E-state index in [0.29, 0.717) is 19.4 Å². The van der Waals surface area contributed by atoms with Crippen LogP contribution in [0.1, 0.15) is 33.6 Å². The van der Waals surface area contributed by atoms with Crippen LogP contribution in [-0.4, -0.2) is 23.7 Å². The van der Waals surface area contributed by atoms with E-state index in [-0.39, 0.29) is 0 Å². The van der Waals surface area contributed by atoms with Crippen molar-refractivity contribution in [2.45, 2.75) is 33.6 Å². The number of carbonyl (C=O) groups excluding carboxylic acids is 1. The zero-order valence-electron chi connectivity index (χ0n) is 8.95. The molecule has 4 nitrogen and oxygen atoms in total. The molecule has 0 fully saturated rings. The normalized spacial score (nSPS) is 14.5. The van der Waals surface area contributed by atoms with Gasteiger partial charge in [-0.3, -0.25) is 9.59 Å². The van der Waals surface area contributed by atoms with Crippen LogP contribution in [0.5, 0.6) is 0 Å². The first kappa shape index (κ1) is 12.9. The second-order valence-corrected chi connectivity index (χ2v) is 3.12. The van der Waals surface area contributed by atoms with Gasteiger partial charge in [-0.1, -0.05) is 13.8 Å². The Morgan fingerprint density at radius 1 is 1.14 bits per heavy atom. The van der Waals surface area contributed by atoms with Crippen molar-refractivity contribution >= 4 is 11.9 Å². The minimum Gasteiger partial charge on any atom is -0.481 e. The lowest BCUT2D eigenvalue weighted by Crippen LogP contribution is -2.30. The number of hydrogen-bond acceptors (Lipinski definition) is 3. The van der Waals surface area contributed by atoms with Crippen LogP contribution >= 0.6 is 0 Å². The van der Waals surface area contributed by atoms with Gasteiger partial charge in [0.25, 0.3) is 0 Å². The van der Waals surface area contributed by atoms with Gasteiger partial charge < -0.3 is 9.84 Å². The van der Waals surface area contributed by atoms with Crippen molar-refractivity contribution < 1.29 is 19.4 Å². The summed E-state index contributed by atoms with van der Waals surface area (Å²) in [5.74, 6) is -2.46. The molecule has 0 spiro atoms. The van der Waals surface area contributed by atoms with E-state index in [0.717, 1.165) is 0 Å². The van der Waals surface area contributed by atoms with E-state index in [4.69, 9.17) is 9.84 Å². The van der Waals surface area contributed by atoms with Gasteiger partial charge in [-0.15, -0.1) is 0 Å². The third kappa shape index (κ3) is 3.36. The number of esters is 1. The molecule has 0 aliphatic rings. The fourth-order valence-electron chi connectivity index (χ4n) is 1.50. The quantitative estimate of drug-likeness (QED) is 0.666. The van der Waals surface area contributed by atoms with Crippen molar-refractivity contribution in [2.24, 2.45) is 11.8 Å². The van der Waals surface area contributed by atoms with Crippen LogP contribution in [-0.2, 0) is 14.3 Å². The van der Waals surface area contributed by atoms with Gasteiger partial charge in [-0.25, -0.2) is 0 Å². The SMILES string of the molecule is CCOC(=O)[C@H](CC)[C@H](CC)C(=O)O. The van der Waals surface area contributed by atoms with E-state index in [1.165, 1.54) is 0 Å². The highest BCUT2D eigenvalue weighted by Gasteiger charge is 2.31. The summed E-state index contributed by atoms with van der Waals surface area (Å²) in [6, 6.07) is 0. The summed E-state index contributed by atoms with van der Waals surface area (Å²) in [4.78, 5) is 22.2.